The fraction of sp³-hybridized carbons (Fsp3) is 0.279. The minimum atomic E-state index is -0.206. The van der Waals surface area contributed by atoms with E-state index in [9.17, 15) is 0 Å². The maximum Gasteiger partial charge on any atom is 0.137 e. The van der Waals surface area contributed by atoms with Crippen LogP contribution in [0.1, 0.15) is 135 Å². The lowest BCUT2D eigenvalue weighted by molar-refractivity contribution is 0.479. The van der Waals surface area contributed by atoms with Gasteiger partial charge in [-0.3, -0.25) is 4.57 Å². The van der Waals surface area contributed by atoms with Crippen molar-refractivity contribution in [3.05, 3.63) is 233 Å². The van der Waals surface area contributed by atoms with Crippen LogP contribution in [-0.4, -0.2) is 16.2 Å². The molecule has 370 valence electrons. The van der Waals surface area contributed by atoms with Crippen LogP contribution < -0.4 is 14.5 Å². The molecule has 9 aromatic rings. The van der Waals surface area contributed by atoms with Gasteiger partial charge in [-0.1, -0.05) is 193 Å². The van der Waals surface area contributed by atoms with Crippen molar-refractivity contribution in [1.29, 1.82) is 0 Å². The van der Waals surface area contributed by atoms with Crippen LogP contribution in [0.25, 0.3) is 33.3 Å². The number of pyridine rings is 1. The first-order valence-electron chi connectivity index (χ1n) is 26.0. The molecule has 0 saturated heterocycles. The van der Waals surface area contributed by atoms with Crippen molar-refractivity contribution in [2.24, 2.45) is 0 Å². The van der Waals surface area contributed by atoms with Gasteiger partial charge in [0, 0.05) is 57.5 Å². The molecule has 10 rings (SSSR count). The van der Waals surface area contributed by atoms with Gasteiger partial charge >= 0.3 is 0 Å². The Hall–Kier alpha value is -7.37. The highest BCUT2D eigenvalue weighted by Gasteiger charge is 2.32. The van der Waals surface area contributed by atoms with Crippen molar-refractivity contribution in [2.75, 3.05) is 16.5 Å². The summed E-state index contributed by atoms with van der Waals surface area (Å²) in [5.74, 6) is 2.44. The minimum absolute atomic E-state index is 0.0476. The molecule has 0 radical (unpaired) electrons. The summed E-state index contributed by atoms with van der Waals surface area (Å²) in [6.45, 7) is 30.5. The van der Waals surface area contributed by atoms with Crippen molar-refractivity contribution in [3.8, 4) is 17.3 Å². The first-order valence-corrected chi connectivity index (χ1v) is 26.0. The lowest BCUT2D eigenvalue weighted by Gasteiger charge is -2.32. The smallest absolute Gasteiger partial charge is 0.137 e. The highest BCUT2D eigenvalue weighted by atomic mass is 16.5. The molecule has 0 amide bonds. The third-order valence-electron chi connectivity index (χ3n) is 15.4. The van der Waals surface area contributed by atoms with E-state index in [4.69, 9.17) is 9.72 Å². The van der Waals surface area contributed by atoms with Crippen LogP contribution in [-0.2, 0) is 27.1 Å². The van der Waals surface area contributed by atoms with E-state index in [2.05, 4.69) is 287 Å². The van der Waals surface area contributed by atoms with E-state index >= 15 is 0 Å². The first kappa shape index (κ1) is 49.2. The first-order chi connectivity index (χ1) is 34.6. The predicted molar refractivity (Wildman–Crippen MR) is 309 cm³/mol. The summed E-state index contributed by atoms with van der Waals surface area (Å²) in [6.07, 6.45) is 4.28. The third kappa shape index (κ3) is 9.59. The molecule has 0 atom stereocenters. The molecule has 2 aromatic heterocycles. The summed E-state index contributed by atoms with van der Waals surface area (Å²) in [5.41, 5.74) is 14.9. The average Bonchev–Trinajstić information content (AvgIpc) is 3.96. The Morgan fingerprint density at radius 2 is 0.986 bits per heavy atom. The molecule has 5 nitrogen and oxygen atoms in total. The number of nitrogens with zero attached hydrogens (tertiary/aromatic N) is 4. The van der Waals surface area contributed by atoms with Gasteiger partial charge in [0.15, 0.2) is 0 Å². The number of hydrogen-bond acceptors (Lipinski definition) is 4. The van der Waals surface area contributed by atoms with Crippen molar-refractivity contribution < 1.29 is 4.74 Å². The fourth-order valence-corrected chi connectivity index (χ4v) is 10.4. The fourth-order valence-electron chi connectivity index (χ4n) is 10.4. The largest absolute Gasteiger partial charge is 0.457 e. The Morgan fingerprint density at radius 1 is 0.411 bits per heavy atom. The van der Waals surface area contributed by atoms with Crippen LogP contribution in [0.15, 0.2) is 188 Å². The van der Waals surface area contributed by atoms with E-state index in [1.165, 1.54) is 50.0 Å². The number of rotatable bonds is 10. The van der Waals surface area contributed by atoms with Crippen LogP contribution in [0.4, 0.5) is 11.4 Å². The normalized spacial score (nSPS) is 13.8. The molecule has 0 saturated carbocycles. The minimum Gasteiger partial charge on any atom is -0.457 e. The van der Waals surface area contributed by atoms with E-state index in [1.54, 1.807) is 0 Å². The van der Waals surface area contributed by atoms with Crippen LogP contribution in [0.2, 0.25) is 0 Å². The van der Waals surface area contributed by atoms with Gasteiger partial charge < -0.3 is 14.5 Å². The maximum atomic E-state index is 7.13. The quantitative estimate of drug-likeness (QED) is 0.137. The molecule has 73 heavy (non-hydrogen) atoms. The van der Waals surface area contributed by atoms with Crippen LogP contribution in [0.5, 0.6) is 11.5 Å². The Kier molecular flexibility index (Phi) is 12.3. The van der Waals surface area contributed by atoms with E-state index in [1.807, 2.05) is 6.20 Å². The molecule has 0 spiro atoms. The number of hydrogen-bond donors (Lipinski definition) is 0. The van der Waals surface area contributed by atoms with Crippen molar-refractivity contribution in [2.45, 2.75) is 117 Å². The van der Waals surface area contributed by atoms with Crippen LogP contribution in [0.3, 0.4) is 0 Å². The standard InChI is InChI=1S/C68H72N4O/c1-64(2,3)49-33-34-69-63(41-49)72-60-32-29-50(67(10,11)47-25-19-15-20-26-47)40-59(60)58-31-30-56(43-61(58)72)73-57-39-52(66(7,8)9)37-55(42-57)71-45-70(44-62(71)46-23-17-14-18-24-46)54-36-51(65(4,5)6)35-53(38-54)68(12,13)48-27-21-16-22-28-48/h14-44H,45H2,1-13H3. The van der Waals surface area contributed by atoms with Gasteiger partial charge in [0.2, 0.25) is 0 Å². The maximum absolute atomic E-state index is 7.13. The number of ether oxygens (including phenoxy) is 1. The van der Waals surface area contributed by atoms with E-state index in [0.29, 0.717) is 6.67 Å². The van der Waals surface area contributed by atoms with Gasteiger partial charge in [0.25, 0.3) is 0 Å². The number of fused-ring (bicyclic) bond motifs is 3. The molecule has 1 aliphatic heterocycles. The molecule has 5 heteroatoms. The zero-order chi connectivity index (χ0) is 51.7. The molecular formula is C68H72N4O. The van der Waals surface area contributed by atoms with E-state index in [0.717, 1.165) is 50.7 Å². The molecular weight excluding hydrogens is 889 g/mol. The Morgan fingerprint density at radius 3 is 1.62 bits per heavy atom. The topological polar surface area (TPSA) is 33.5 Å². The summed E-state index contributed by atoms with van der Waals surface area (Å²) in [5, 5.41) is 2.34. The predicted octanol–water partition coefficient (Wildman–Crippen LogP) is 17.8. The Labute approximate surface area is 434 Å². The van der Waals surface area contributed by atoms with Gasteiger partial charge in [-0.15, -0.1) is 0 Å². The van der Waals surface area contributed by atoms with Gasteiger partial charge in [-0.05, 0) is 121 Å². The van der Waals surface area contributed by atoms with Gasteiger partial charge in [-0.25, -0.2) is 4.98 Å². The van der Waals surface area contributed by atoms with Crippen molar-refractivity contribution in [1.82, 2.24) is 9.55 Å². The zero-order valence-corrected chi connectivity index (χ0v) is 45.3. The van der Waals surface area contributed by atoms with Crippen molar-refractivity contribution in [3.63, 3.8) is 0 Å². The summed E-state index contributed by atoms with van der Waals surface area (Å²) in [4.78, 5) is 9.91. The number of aromatic nitrogens is 2. The lowest BCUT2D eigenvalue weighted by Crippen LogP contribution is -2.28. The molecule has 0 fully saturated rings. The highest BCUT2D eigenvalue weighted by molar-refractivity contribution is 6.10. The third-order valence-corrected chi connectivity index (χ3v) is 15.4. The lowest BCUT2D eigenvalue weighted by atomic mass is 9.75. The molecule has 0 unspecified atom stereocenters. The molecule has 0 aliphatic carbocycles. The SMILES string of the molecule is CC(C)(C)c1cc(Oc2ccc3c4cc(C(C)(C)c5ccccc5)ccc4n(-c4cc(C(C)(C)C)ccn4)c3c2)cc(N2CN(c3cc(C(C)(C)C)cc(C(C)(C)c4ccccc4)c3)C=C2c2ccccc2)c1. The summed E-state index contributed by atoms with van der Waals surface area (Å²) in [7, 11) is 0. The second-order valence-corrected chi connectivity index (χ2v) is 24.4. The zero-order valence-electron chi connectivity index (χ0n) is 45.3. The van der Waals surface area contributed by atoms with Gasteiger partial charge in [0.05, 0.1) is 23.4 Å². The van der Waals surface area contributed by atoms with Crippen LogP contribution >= 0.6 is 0 Å². The highest BCUT2D eigenvalue weighted by Crippen LogP contribution is 2.44. The molecule has 0 bridgehead atoms. The van der Waals surface area contributed by atoms with Gasteiger partial charge in [-0.2, -0.15) is 0 Å². The molecule has 7 aromatic carbocycles. The Bertz CT molecular complexity index is 3510. The second-order valence-electron chi connectivity index (χ2n) is 24.4. The summed E-state index contributed by atoms with van der Waals surface area (Å²) >= 11 is 0. The number of benzene rings is 7. The molecule has 3 heterocycles. The van der Waals surface area contributed by atoms with Crippen LogP contribution in [0, 0.1) is 0 Å². The monoisotopic (exact) mass is 961 g/mol. The Balaban J connectivity index is 1.08. The van der Waals surface area contributed by atoms with E-state index in [-0.39, 0.29) is 27.1 Å². The molecule has 0 N–H and O–H groups in total. The molecule has 1 aliphatic rings. The second kappa shape index (κ2) is 18.3. The number of anilines is 2. The van der Waals surface area contributed by atoms with Gasteiger partial charge in [0.1, 0.15) is 17.3 Å². The average molecular weight is 961 g/mol. The van der Waals surface area contributed by atoms with Crippen molar-refractivity contribution >= 4 is 38.9 Å². The summed E-state index contributed by atoms with van der Waals surface area (Å²) in [6, 6.07) is 64.4. The summed E-state index contributed by atoms with van der Waals surface area (Å²) < 4.78 is 9.45. The van der Waals surface area contributed by atoms with E-state index < -0.39 is 0 Å².